The number of nitriles is 1. The van der Waals surface area contributed by atoms with Crippen LogP contribution in [0, 0.1) is 17.2 Å². The smallest absolute Gasteiger partial charge is 0.234 e. The molecule has 5 nitrogen and oxygen atoms in total. The summed E-state index contributed by atoms with van der Waals surface area (Å²) >= 11 is 0. The molecule has 0 saturated heterocycles. The molecule has 0 unspecified atom stereocenters. The van der Waals surface area contributed by atoms with E-state index in [2.05, 4.69) is 33.4 Å². The van der Waals surface area contributed by atoms with Gasteiger partial charge in [0.1, 0.15) is 6.42 Å². The lowest BCUT2D eigenvalue weighted by molar-refractivity contribution is -0.121. The van der Waals surface area contributed by atoms with Gasteiger partial charge in [-0.3, -0.25) is 14.7 Å². The SMILES string of the molecule is N#CCC(=O)NC1CCC(CCN2CC=C(c3ccncc3)CC2)CC1. The summed E-state index contributed by atoms with van der Waals surface area (Å²) in [6.07, 6.45) is 12.9. The predicted molar refractivity (Wildman–Crippen MR) is 102 cm³/mol. The zero-order valence-electron chi connectivity index (χ0n) is 15.4. The number of pyridine rings is 1. The zero-order chi connectivity index (χ0) is 18.2. The fourth-order valence-electron chi connectivity index (χ4n) is 4.05. The van der Waals surface area contributed by atoms with Crippen LogP contribution in [-0.4, -0.2) is 41.5 Å². The molecule has 1 aromatic rings. The van der Waals surface area contributed by atoms with Gasteiger partial charge in [-0.2, -0.15) is 5.26 Å². The summed E-state index contributed by atoms with van der Waals surface area (Å²) in [4.78, 5) is 18.1. The van der Waals surface area contributed by atoms with Crippen LogP contribution in [0.3, 0.4) is 0 Å². The van der Waals surface area contributed by atoms with Gasteiger partial charge in [-0.05, 0) is 74.3 Å². The standard InChI is InChI=1S/C21H28N4O/c22-11-5-21(26)24-20-3-1-17(2-4-20)8-14-25-15-9-19(10-16-25)18-6-12-23-13-7-18/h6-7,9,12-13,17,20H,1-5,8,10,14-16H2,(H,24,26). The summed E-state index contributed by atoms with van der Waals surface area (Å²) in [6.45, 7) is 3.33. The number of amides is 1. The first-order valence-electron chi connectivity index (χ1n) is 9.72. The summed E-state index contributed by atoms with van der Waals surface area (Å²) < 4.78 is 0. The molecule has 2 heterocycles. The Morgan fingerprint density at radius 2 is 2.04 bits per heavy atom. The number of nitrogens with zero attached hydrogens (tertiary/aromatic N) is 3. The van der Waals surface area contributed by atoms with Crippen molar-refractivity contribution in [3.8, 4) is 6.07 Å². The number of hydrogen-bond acceptors (Lipinski definition) is 4. The molecule has 1 aliphatic carbocycles. The lowest BCUT2D eigenvalue weighted by Gasteiger charge is -2.32. The Labute approximate surface area is 156 Å². The van der Waals surface area contributed by atoms with E-state index in [0.29, 0.717) is 0 Å². The third-order valence-corrected chi connectivity index (χ3v) is 5.65. The first kappa shape index (κ1) is 18.6. The Bertz CT molecular complexity index is 656. The molecular formula is C21H28N4O. The van der Waals surface area contributed by atoms with E-state index in [1.807, 2.05) is 18.5 Å². The molecule has 2 aliphatic rings. The molecule has 1 aromatic heterocycles. The van der Waals surface area contributed by atoms with Crippen molar-refractivity contribution in [3.05, 3.63) is 36.2 Å². The van der Waals surface area contributed by atoms with Crippen LogP contribution in [0.5, 0.6) is 0 Å². The maximum Gasteiger partial charge on any atom is 0.234 e. The molecule has 0 atom stereocenters. The van der Waals surface area contributed by atoms with Crippen LogP contribution in [0.2, 0.25) is 0 Å². The highest BCUT2D eigenvalue weighted by atomic mass is 16.1. The van der Waals surface area contributed by atoms with Gasteiger partial charge < -0.3 is 5.32 Å². The number of carbonyl (C=O) groups excluding carboxylic acids is 1. The van der Waals surface area contributed by atoms with E-state index in [0.717, 1.165) is 44.8 Å². The largest absolute Gasteiger partial charge is 0.352 e. The van der Waals surface area contributed by atoms with Crippen molar-refractivity contribution in [1.82, 2.24) is 15.2 Å². The number of carbonyl (C=O) groups is 1. The van der Waals surface area contributed by atoms with Crippen LogP contribution in [-0.2, 0) is 4.79 Å². The molecule has 0 aromatic carbocycles. The average molecular weight is 352 g/mol. The van der Waals surface area contributed by atoms with Gasteiger partial charge in [-0.25, -0.2) is 0 Å². The Morgan fingerprint density at radius 1 is 1.27 bits per heavy atom. The molecule has 0 spiro atoms. The fourth-order valence-corrected chi connectivity index (χ4v) is 4.05. The first-order valence-corrected chi connectivity index (χ1v) is 9.72. The van der Waals surface area contributed by atoms with E-state index in [-0.39, 0.29) is 18.4 Å². The lowest BCUT2D eigenvalue weighted by Crippen LogP contribution is -2.38. The molecule has 138 valence electrons. The predicted octanol–water partition coefficient (Wildman–Crippen LogP) is 3.15. The number of rotatable bonds is 6. The molecule has 1 N–H and O–H groups in total. The van der Waals surface area contributed by atoms with E-state index in [1.165, 1.54) is 30.4 Å². The summed E-state index contributed by atoms with van der Waals surface area (Å²) in [5, 5.41) is 11.5. The molecule has 0 bridgehead atoms. The Morgan fingerprint density at radius 3 is 2.69 bits per heavy atom. The van der Waals surface area contributed by atoms with Crippen LogP contribution >= 0.6 is 0 Å². The second-order valence-electron chi connectivity index (χ2n) is 7.42. The molecule has 1 amide bonds. The molecule has 1 fully saturated rings. The monoisotopic (exact) mass is 352 g/mol. The fraction of sp³-hybridized carbons (Fsp3) is 0.571. The highest BCUT2D eigenvalue weighted by Gasteiger charge is 2.23. The van der Waals surface area contributed by atoms with Crippen LogP contribution in [0.4, 0.5) is 0 Å². The van der Waals surface area contributed by atoms with Crippen molar-refractivity contribution in [1.29, 1.82) is 5.26 Å². The van der Waals surface area contributed by atoms with Crippen LogP contribution in [0.15, 0.2) is 30.6 Å². The van der Waals surface area contributed by atoms with Crippen molar-refractivity contribution >= 4 is 11.5 Å². The van der Waals surface area contributed by atoms with Gasteiger partial charge in [0.2, 0.25) is 5.91 Å². The summed E-state index contributed by atoms with van der Waals surface area (Å²) in [7, 11) is 0. The second-order valence-corrected chi connectivity index (χ2v) is 7.42. The van der Waals surface area contributed by atoms with Gasteiger partial charge >= 0.3 is 0 Å². The summed E-state index contributed by atoms with van der Waals surface area (Å²) in [5.74, 6) is 0.644. The van der Waals surface area contributed by atoms with Gasteiger partial charge in [-0.15, -0.1) is 0 Å². The summed E-state index contributed by atoms with van der Waals surface area (Å²) in [5.41, 5.74) is 2.74. The van der Waals surface area contributed by atoms with Crippen LogP contribution in [0.1, 0.15) is 50.5 Å². The lowest BCUT2D eigenvalue weighted by atomic mass is 9.84. The molecular weight excluding hydrogens is 324 g/mol. The van der Waals surface area contributed by atoms with Gasteiger partial charge in [0.05, 0.1) is 6.07 Å². The van der Waals surface area contributed by atoms with Crippen molar-refractivity contribution in [3.63, 3.8) is 0 Å². The molecule has 5 heteroatoms. The Hall–Kier alpha value is -2.19. The van der Waals surface area contributed by atoms with Crippen molar-refractivity contribution in [2.45, 2.75) is 51.0 Å². The van der Waals surface area contributed by atoms with Gasteiger partial charge in [-0.1, -0.05) is 6.08 Å². The van der Waals surface area contributed by atoms with Crippen molar-refractivity contribution in [2.24, 2.45) is 5.92 Å². The second kappa shape index (κ2) is 9.49. The average Bonchev–Trinajstić information content (AvgIpc) is 2.69. The highest BCUT2D eigenvalue weighted by Crippen LogP contribution is 2.28. The maximum atomic E-state index is 11.5. The van der Waals surface area contributed by atoms with Crippen molar-refractivity contribution in [2.75, 3.05) is 19.6 Å². The van der Waals surface area contributed by atoms with Crippen LogP contribution < -0.4 is 5.32 Å². The van der Waals surface area contributed by atoms with Crippen molar-refractivity contribution < 1.29 is 4.79 Å². The van der Waals surface area contributed by atoms with Gasteiger partial charge in [0.25, 0.3) is 0 Å². The quantitative estimate of drug-likeness (QED) is 0.854. The number of hydrogen-bond donors (Lipinski definition) is 1. The molecule has 3 rings (SSSR count). The van der Waals surface area contributed by atoms with E-state index >= 15 is 0 Å². The zero-order valence-corrected chi connectivity index (χ0v) is 15.4. The minimum absolute atomic E-state index is 0.0239. The molecule has 1 aliphatic heterocycles. The first-order chi connectivity index (χ1) is 12.7. The van der Waals surface area contributed by atoms with Gasteiger partial charge in [0, 0.05) is 31.5 Å². The normalized spacial score (nSPS) is 23.7. The minimum Gasteiger partial charge on any atom is -0.352 e. The van der Waals surface area contributed by atoms with E-state index in [9.17, 15) is 4.79 Å². The van der Waals surface area contributed by atoms with Gasteiger partial charge in [0.15, 0.2) is 0 Å². The molecule has 26 heavy (non-hydrogen) atoms. The molecule has 0 radical (unpaired) electrons. The maximum absolute atomic E-state index is 11.5. The number of nitrogens with one attached hydrogen (secondary N) is 1. The number of aromatic nitrogens is 1. The Balaban J connectivity index is 1.35. The van der Waals surface area contributed by atoms with E-state index < -0.39 is 0 Å². The topological polar surface area (TPSA) is 69.0 Å². The highest BCUT2D eigenvalue weighted by molar-refractivity contribution is 5.78. The third-order valence-electron chi connectivity index (χ3n) is 5.65. The minimum atomic E-state index is -0.124. The van der Waals surface area contributed by atoms with Crippen LogP contribution in [0.25, 0.3) is 5.57 Å². The Kier molecular flexibility index (Phi) is 6.79. The molecule has 1 saturated carbocycles. The third kappa shape index (κ3) is 5.40. The van der Waals surface area contributed by atoms with E-state index in [4.69, 9.17) is 5.26 Å². The summed E-state index contributed by atoms with van der Waals surface area (Å²) in [6, 6.07) is 6.37. The van der Waals surface area contributed by atoms with E-state index in [1.54, 1.807) is 0 Å².